The molecule has 0 amide bonds. The Hall–Kier alpha value is -2.91. The fourth-order valence-corrected chi connectivity index (χ4v) is 5.22. The molecule has 3 heterocycles. The number of piperazine rings is 1. The zero-order valence-corrected chi connectivity index (χ0v) is 22.2. The highest BCUT2D eigenvalue weighted by atomic mass is 35.5. The number of halogens is 1. The number of hydrogen-bond donors (Lipinski definition) is 0. The molecule has 0 N–H and O–H groups in total. The topological polar surface area (TPSA) is 73.0 Å². The molecule has 0 saturated carbocycles. The van der Waals surface area contributed by atoms with E-state index < -0.39 is 0 Å². The molecule has 0 spiro atoms. The van der Waals surface area contributed by atoms with Crippen molar-refractivity contribution in [2.24, 2.45) is 0 Å². The van der Waals surface area contributed by atoms with Crippen LogP contribution in [0.2, 0.25) is 5.02 Å². The average molecular weight is 525 g/mol. The van der Waals surface area contributed by atoms with Crippen LogP contribution in [-0.4, -0.2) is 74.6 Å². The third-order valence-electron chi connectivity index (χ3n) is 6.98. The summed E-state index contributed by atoms with van der Waals surface area (Å²) in [5, 5.41) is 1.40. The molecule has 37 heavy (non-hydrogen) atoms. The molecule has 4 aromatic rings. The molecule has 0 unspecified atom stereocenters. The monoisotopic (exact) mass is 524 g/mol. The van der Waals surface area contributed by atoms with Gasteiger partial charge in [-0.2, -0.15) is 4.98 Å². The number of hydrogen-bond acceptors (Lipinski definition) is 7. The zero-order chi connectivity index (χ0) is 25.8. The van der Waals surface area contributed by atoms with Gasteiger partial charge in [0.05, 0.1) is 0 Å². The van der Waals surface area contributed by atoms with Crippen LogP contribution in [0.5, 0.6) is 0 Å². The highest BCUT2D eigenvalue weighted by Crippen LogP contribution is 2.35. The first kappa shape index (κ1) is 25.7. The minimum atomic E-state index is -0.310. The van der Waals surface area contributed by atoms with Gasteiger partial charge >= 0.3 is 5.69 Å². The first-order valence-electron chi connectivity index (χ1n) is 12.8. The van der Waals surface area contributed by atoms with E-state index in [0.717, 1.165) is 62.2 Å². The van der Waals surface area contributed by atoms with Crippen molar-refractivity contribution in [1.82, 2.24) is 14.5 Å². The molecule has 0 radical (unpaired) electrons. The molecule has 5 rings (SSSR count). The highest BCUT2D eigenvalue weighted by Gasteiger charge is 2.21. The maximum Gasteiger partial charge on any atom is 0.348 e. The van der Waals surface area contributed by atoms with Crippen molar-refractivity contribution in [2.45, 2.75) is 19.4 Å². The van der Waals surface area contributed by atoms with Gasteiger partial charge in [0.15, 0.2) is 5.58 Å². The third-order valence-corrected chi connectivity index (χ3v) is 7.21. The third kappa shape index (κ3) is 5.52. The van der Waals surface area contributed by atoms with Crippen LogP contribution in [0.3, 0.4) is 0 Å². The average Bonchev–Trinajstić information content (AvgIpc) is 3.29. The van der Waals surface area contributed by atoms with Gasteiger partial charge in [0, 0.05) is 88.4 Å². The van der Waals surface area contributed by atoms with E-state index in [1.807, 2.05) is 24.3 Å². The SMILES string of the molecule is COCCCN1CCN(c2ccc(-c3nc(=O)n(CCCOC)c4c3oc3ccc(Cl)cc34)cc2)CC1. The Balaban J connectivity index is 1.44. The second-order valence-electron chi connectivity index (χ2n) is 9.38. The summed E-state index contributed by atoms with van der Waals surface area (Å²) in [6, 6.07) is 13.7. The Morgan fingerprint density at radius 1 is 0.946 bits per heavy atom. The molecule has 0 aliphatic carbocycles. The lowest BCUT2D eigenvalue weighted by molar-refractivity contribution is 0.169. The number of methoxy groups -OCH3 is 2. The lowest BCUT2D eigenvalue weighted by atomic mass is 10.1. The predicted molar refractivity (Wildman–Crippen MR) is 148 cm³/mol. The van der Waals surface area contributed by atoms with Gasteiger partial charge in [0.25, 0.3) is 0 Å². The van der Waals surface area contributed by atoms with E-state index in [1.54, 1.807) is 24.9 Å². The molecular weight excluding hydrogens is 492 g/mol. The largest absolute Gasteiger partial charge is 0.452 e. The number of furan rings is 1. The highest BCUT2D eigenvalue weighted by molar-refractivity contribution is 6.31. The Bertz CT molecular complexity index is 1410. The van der Waals surface area contributed by atoms with E-state index in [2.05, 4.69) is 26.9 Å². The summed E-state index contributed by atoms with van der Waals surface area (Å²) in [5.74, 6) is 0. The van der Waals surface area contributed by atoms with Crippen molar-refractivity contribution in [3.05, 3.63) is 58.0 Å². The quantitative estimate of drug-likeness (QED) is 0.279. The van der Waals surface area contributed by atoms with Gasteiger partial charge in [-0.25, -0.2) is 4.79 Å². The summed E-state index contributed by atoms with van der Waals surface area (Å²) in [5.41, 5.74) is 4.23. The standard InChI is InChI=1S/C28H33ClN4O4/c1-35-17-3-11-31-13-15-32(16-14-31)22-8-5-20(6-9-22)25-27-26(23-19-21(29)7-10-24(23)37-27)33(28(34)30-25)12-4-18-36-2/h5-10,19H,3-4,11-18H2,1-2H3. The number of aryl methyl sites for hydroxylation is 1. The Morgan fingerprint density at radius 2 is 1.65 bits per heavy atom. The van der Waals surface area contributed by atoms with E-state index in [4.69, 9.17) is 25.5 Å². The summed E-state index contributed by atoms with van der Waals surface area (Å²) in [4.78, 5) is 22.6. The minimum Gasteiger partial charge on any atom is -0.452 e. The lowest BCUT2D eigenvalue weighted by Gasteiger charge is -2.36. The van der Waals surface area contributed by atoms with E-state index in [-0.39, 0.29) is 5.69 Å². The summed E-state index contributed by atoms with van der Waals surface area (Å²) < 4.78 is 18.3. The molecule has 2 aromatic carbocycles. The van der Waals surface area contributed by atoms with Gasteiger partial charge in [-0.15, -0.1) is 0 Å². The van der Waals surface area contributed by atoms with Crippen molar-refractivity contribution < 1.29 is 13.9 Å². The van der Waals surface area contributed by atoms with E-state index >= 15 is 0 Å². The molecule has 1 aliphatic rings. The van der Waals surface area contributed by atoms with Crippen LogP contribution in [0.4, 0.5) is 5.69 Å². The van der Waals surface area contributed by atoms with Crippen molar-refractivity contribution in [1.29, 1.82) is 0 Å². The summed E-state index contributed by atoms with van der Waals surface area (Å²) in [6.07, 6.45) is 1.75. The van der Waals surface area contributed by atoms with Crippen LogP contribution in [0.15, 0.2) is 51.7 Å². The Kier molecular flexibility index (Phi) is 8.10. The molecule has 196 valence electrons. The van der Waals surface area contributed by atoms with E-state index in [9.17, 15) is 4.79 Å². The molecule has 1 aliphatic heterocycles. The summed E-state index contributed by atoms with van der Waals surface area (Å²) in [7, 11) is 3.40. The summed E-state index contributed by atoms with van der Waals surface area (Å²) >= 11 is 6.31. The first-order chi connectivity index (χ1) is 18.1. The van der Waals surface area contributed by atoms with Crippen molar-refractivity contribution in [3.63, 3.8) is 0 Å². The number of benzene rings is 2. The molecule has 9 heteroatoms. The van der Waals surface area contributed by atoms with Gasteiger partial charge in [0.1, 0.15) is 16.8 Å². The second-order valence-corrected chi connectivity index (χ2v) is 9.82. The normalized spacial score (nSPS) is 14.7. The number of aromatic nitrogens is 2. The fraction of sp³-hybridized carbons (Fsp3) is 0.429. The van der Waals surface area contributed by atoms with Crippen LogP contribution in [0, 0.1) is 0 Å². The molecule has 2 aromatic heterocycles. The predicted octanol–water partition coefficient (Wildman–Crippen LogP) is 4.66. The smallest absolute Gasteiger partial charge is 0.348 e. The number of fused-ring (bicyclic) bond motifs is 3. The number of ether oxygens (including phenoxy) is 2. The Labute approximate surface area is 221 Å². The van der Waals surface area contributed by atoms with Gasteiger partial charge in [0.2, 0.25) is 0 Å². The number of rotatable bonds is 10. The molecule has 1 fully saturated rings. The molecule has 8 nitrogen and oxygen atoms in total. The van der Waals surface area contributed by atoms with Crippen molar-refractivity contribution in [2.75, 3.05) is 65.1 Å². The second kappa shape index (κ2) is 11.6. The number of anilines is 1. The summed E-state index contributed by atoms with van der Waals surface area (Å²) in [6.45, 7) is 6.95. The van der Waals surface area contributed by atoms with E-state index in [1.165, 1.54) is 5.69 Å². The minimum absolute atomic E-state index is 0.310. The van der Waals surface area contributed by atoms with Crippen LogP contribution < -0.4 is 10.6 Å². The molecular formula is C28H33ClN4O4. The van der Waals surface area contributed by atoms with Crippen molar-refractivity contribution in [3.8, 4) is 11.3 Å². The first-order valence-corrected chi connectivity index (χ1v) is 13.1. The maximum atomic E-state index is 13.2. The van der Waals surface area contributed by atoms with Gasteiger partial charge in [-0.05, 0) is 43.2 Å². The Morgan fingerprint density at radius 3 is 2.35 bits per heavy atom. The molecule has 0 bridgehead atoms. The van der Waals surface area contributed by atoms with E-state index in [0.29, 0.717) is 41.5 Å². The van der Waals surface area contributed by atoms with Gasteiger partial charge in [-0.1, -0.05) is 23.7 Å². The molecule has 1 saturated heterocycles. The molecule has 0 atom stereocenters. The van der Waals surface area contributed by atoms with Crippen LogP contribution in [-0.2, 0) is 16.0 Å². The van der Waals surface area contributed by atoms with Crippen molar-refractivity contribution >= 4 is 39.4 Å². The van der Waals surface area contributed by atoms with Crippen LogP contribution in [0.25, 0.3) is 33.3 Å². The van der Waals surface area contributed by atoms with Gasteiger partial charge in [-0.3, -0.25) is 9.47 Å². The number of nitrogens with zero attached hydrogens (tertiary/aromatic N) is 4. The maximum absolute atomic E-state index is 13.2. The zero-order valence-electron chi connectivity index (χ0n) is 21.4. The van der Waals surface area contributed by atoms with Crippen LogP contribution in [0.1, 0.15) is 12.8 Å². The van der Waals surface area contributed by atoms with Gasteiger partial charge < -0.3 is 18.8 Å². The van der Waals surface area contributed by atoms with Crippen LogP contribution >= 0.6 is 11.6 Å². The lowest BCUT2D eigenvalue weighted by Crippen LogP contribution is -2.46. The fourth-order valence-electron chi connectivity index (χ4n) is 5.05.